The van der Waals surface area contributed by atoms with Crippen LogP contribution in [-0.2, 0) is 16.6 Å². The number of rotatable bonds is 6. The maximum Gasteiger partial charge on any atom is 0.263 e. The van der Waals surface area contributed by atoms with Crippen molar-refractivity contribution in [2.24, 2.45) is 0 Å². The lowest BCUT2D eigenvalue weighted by Gasteiger charge is -2.13. The highest BCUT2D eigenvalue weighted by molar-refractivity contribution is 7.92. The number of aromatic nitrogens is 3. The van der Waals surface area contributed by atoms with E-state index in [4.69, 9.17) is 4.74 Å². The summed E-state index contributed by atoms with van der Waals surface area (Å²) in [4.78, 5) is 12.9. The molecule has 1 N–H and O–H groups in total. The highest BCUT2D eigenvalue weighted by Gasteiger charge is 2.19. The first-order chi connectivity index (χ1) is 13.6. The van der Waals surface area contributed by atoms with Crippen LogP contribution in [0.25, 0.3) is 11.0 Å². The Hall–Kier alpha value is -3.52. The van der Waals surface area contributed by atoms with Crippen LogP contribution in [0.3, 0.4) is 0 Å². The quantitative estimate of drug-likeness (QED) is 0.540. The molecule has 4 aromatic rings. The van der Waals surface area contributed by atoms with Crippen LogP contribution < -0.4 is 9.46 Å². The predicted molar refractivity (Wildman–Crippen MR) is 105 cm³/mol. The standard InChI is InChI=1S/C20H16N4O3S/c25-28(26,16-6-2-1-3-7-16)24-19-20(27-14-15-10-12-21-13-11-15)23-18-9-5-4-8-17(18)22-19/h1-13H,14H2,(H,22,24). The topological polar surface area (TPSA) is 94.1 Å². The summed E-state index contributed by atoms with van der Waals surface area (Å²) in [5.41, 5.74) is 2.04. The van der Waals surface area contributed by atoms with Gasteiger partial charge < -0.3 is 4.74 Å². The number of nitrogens with zero attached hydrogens (tertiary/aromatic N) is 3. The summed E-state index contributed by atoms with van der Waals surface area (Å²) in [5, 5.41) is 0. The molecule has 0 saturated carbocycles. The number of fused-ring (bicyclic) bond motifs is 1. The molecule has 2 aromatic carbocycles. The van der Waals surface area contributed by atoms with Crippen LogP contribution in [0.15, 0.2) is 84.0 Å². The smallest absolute Gasteiger partial charge is 0.263 e. The third-order valence-electron chi connectivity index (χ3n) is 3.95. The molecule has 0 unspecified atom stereocenters. The molecule has 0 fully saturated rings. The first-order valence-corrected chi connectivity index (χ1v) is 9.96. The zero-order valence-corrected chi connectivity index (χ0v) is 15.5. The molecule has 28 heavy (non-hydrogen) atoms. The van der Waals surface area contributed by atoms with E-state index in [9.17, 15) is 8.42 Å². The second kappa shape index (κ2) is 7.61. The van der Waals surface area contributed by atoms with Gasteiger partial charge in [-0.1, -0.05) is 30.3 Å². The van der Waals surface area contributed by atoms with Crippen molar-refractivity contribution < 1.29 is 13.2 Å². The molecule has 0 aliphatic rings. The number of sulfonamides is 1. The molecular weight excluding hydrogens is 376 g/mol. The van der Waals surface area contributed by atoms with Crippen molar-refractivity contribution in [2.75, 3.05) is 4.72 Å². The second-order valence-corrected chi connectivity index (χ2v) is 7.61. The van der Waals surface area contributed by atoms with Gasteiger partial charge in [0, 0.05) is 12.4 Å². The number of pyridine rings is 1. The van der Waals surface area contributed by atoms with E-state index < -0.39 is 10.0 Å². The largest absolute Gasteiger partial charge is 0.470 e. The maximum absolute atomic E-state index is 12.7. The van der Waals surface area contributed by atoms with Gasteiger partial charge in [-0.3, -0.25) is 9.71 Å². The molecule has 0 atom stereocenters. The molecule has 0 bridgehead atoms. The molecule has 0 spiro atoms. The van der Waals surface area contributed by atoms with Crippen LogP contribution in [-0.4, -0.2) is 23.4 Å². The molecule has 0 aliphatic carbocycles. The zero-order valence-electron chi connectivity index (χ0n) is 14.7. The van der Waals surface area contributed by atoms with Crippen molar-refractivity contribution >= 4 is 26.9 Å². The first kappa shape index (κ1) is 17.9. The summed E-state index contributed by atoms with van der Waals surface area (Å²) < 4.78 is 33.7. The van der Waals surface area contributed by atoms with Crippen LogP contribution >= 0.6 is 0 Å². The Kier molecular flexibility index (Phi) is 4.86. The van der Waals surface area contributed by atoms with Gasteiger partial charge in [0.2, 0.25) is 5.82 Å². The monoisotopic (exact) mass is 392 g/mol. The van der Waals surface area contributed by atoms with E-state index >= 15 is 0 Å². The normalized spacial score (nSPS) is 11.3. The van der Waals surface area contributed by atoms with Gasteiger partial charge in [0.1, 0.15) is 6.61 Å². The van der Waals surface area contributed by atoms with Crippen LogP contribution in [0.2, 0.25) is 0 Å². The van der Waals surface area contributed by atoms with Crippen LogP contribution in [0.4, 0.5) is 5.82 Å². The number of benzene rings is 2. The minimum absolute atomic E-state index is 0.0385. The maximum atomic E-state index is 12.7. The highest BCUT2D eigenvalue weighted by atomic mass is 32.2. The number of ether oxygens (including phenoxy) is 1. The Morgan fingerprint density at radius 1 is 0.821 bits per heavy atom. The van der Waals surface area contributed by atoms with Crippen molar-refractivity contribution in [2.45, 2.75) is 11.5 Å². The zero-order chi connectivity index (χ0) is 19.4. The predicted octanol–water partition coefficient (Wildman–Crippen LogP) is 3.40. The Morgan fingerprint density at radius 3 is 2.18 bits per heavy atom. The highest BCUT2D eigenvalue weighted by Crippen LogP contribution is 2.26. The van der Waals surface area contributed by atoms with Gasteiger partial charge in [0.05, 0.1) is 15.9 Å². The van der Waals surface area contributed by atoms with E-state index in [2.05, 4.69) is 19.7 Å². The molecular formula is C20H16N4O3S. The van der Waals surface area contributed by atoms with Gasteiger partial charge in [-0.25, -0.2) is 18.4 Å². The molecule has 0 amide bonds. The Balaban J connectivity index is 1.71. The third kappa shape index (κ3) is 3.91. The summed E-state index contributed by atoms with van der Waals surface area (Å²) in [6.07, 6.45) is 3.31. The number of nitrogens with one attached hydrogen (secondary N) is 1. The molecule has 2 aromatic heterocycles. The molecule has 2 heterocycles. The van der Waals surface area contributed by atoms with Gasteiger partial charge in [-0.2, -0.15) is 0 Å². The third-order valence-corrected chi connectivity index (χ3v) is 5.30. The van der Waals surface area contributed by atoms with Crippen LogP contribution in [0.5, 0.6) is 5.88 Å². The van der Waals surface area contributed by atoms with Gasteiger partial charge in [0.25, 0.3) is 15.9 Å². The number of anilines is 1. The lowest BCUT2D eigenvalue weighted by molar-refractivity contribution is 0.295. The first-order valence-electron chi connectivity index (χ1n) is 8.48. The second-order valence-electron chi connectivity index (χ2n) is 5.93. The van der Waals surface area contributed by atoms with Gasteiger partial charge in [0.15, 0.2) is 0 Å². The lowest BCUT2D eigenvalue weighted by Crippen LogP contribution is -2.15. The van der Waals surface area contributed by atoms with Crippen molar-refractivity contribution in [3.8, 4) is 5.88 Å². The minimum Gasteiger partial charge on any atom is -0.470 e. The summed E-state index contributed by atoms with van der Waals surface area (Å²) in [5.74, 6) is 0.145. The van der Waals surface area contributed by atoms with Crippen molar-refractivity contribution in [1.29, 1.82) is 0 Å². The fourth-order valence-corrected chi connectivity index (χ4v) is 3.59. The molecule has 7 nitrogen and oxygen atoms in total. The van der Waals surface area contributed by atoms with Crippen LogP contribution in [0, 0.1) is 0 Å². The molecule has 8 heteroatoms. The average Bonchev–Trinajstić information content (AvgIpc) is 2.73. The molecule has 0 radical (unpaired) electrons. The molecule has 0 saturated heterocycles. The van der Waals surface area contributed by atoms with E-state index in [1.807, 2.05) is 24.3 Å². The summed E-state index contributed by atoms with van der Waals surface area (Å²) in [6.45, 7) is 0.204. The molecule has 140 valence electrons. The fraction of sp³-hybridized carbons (Fsp3) is 0.0500. The van der Waals surface area contributed by atoms with E-state index in [0.717, 1.165) is 5.56 Å². The van der Waals surface area contributed by atoms with Gasteiger partial charge in [-0.15, -0.1) is 0 Å². The fourth-order valence-electron chi connectivity index (χ4n) is 2.57. The van der Waals surface area contributed by atoms with E-state index in [0.29, 0.717) is 11.0 Å². The van der Waals surface area contributed by atoms with Gasteiger partial charge >= 0.3 is 0 Å². The van der Waals surface area contributed by atoms with Crippen molar-refractivity contribution in [3.05, 3.63) is 84.7 Å². The van der Waals surface area contributed by atoms with Crippen LogP contribution in [0.1, 0.15) is 5.56 Å². The molecule has 0 aliphatic heterocycles. The van der Waals surface area contributed by atoms with E-state index in [-0.39, 0.29) is 23.2 Å². The van der Waals surface area contributed by atoms with Crippen molar-refractivity contribution in [1.82, 2.24) is 15.0 Å². The Labute approximate surface area is 162 Å². The minimum atomic E-state index is -3.83. The summed E-state index contributed by atoms with van der Waals surface area (Å²) in [7, 11) is -3.83. The summed E-state index contributed by atoms with van der Waals surface area (Å²) in [6, 6.07) is 18.9. The van der Waals surface area contributed by atoms with E-state index in [1.165, 1.54) is 12.1 Å². The van der Waals surface area contributed by atoms with Crippen molar-refractivity contribution in [3.63, 3.8) is 0 Å². The number of para-hydroxylation sites is 2. The Bertz CT molecular complexity index is 1200. The number of hydrogen-bond acceptors (Lipinski definition) is 6. The SMILES string of the molecule is O=S(=O)(Nc1nc2ccccc2nc1OCc1ccncc1)c1ccccc1. The molecule has 4 rings (SSSR count). The van der Waals surface area contributed by atoms with E-state index in [1.54, 1.807) is 42.7 Å². The Morgan fingerprint density at radius 2 is 1.46 bits per heavy atom. The lowest BCUT2D eigenvalue weighted by atomic mass is 10.3. The average molecular weight is 392 g/mol. The van der Waals surface area contributed by atoms with Gasteiger partial charge in [-0.05, 0) is 42.0 Å². The number of hydrogen-bond donors (Lipinski definition) is 1. The summed E-state index contributed by atoms with van der Waals surface area (Å²) >= 11 is 0.